The van der Waals surface area contributed by atoms with Crippen molar-refractivity contribution < 1.29 is 13.2 Å². The number of rotatable bonds is 3. The normalized spacial score (nSPS) is 18.7. The molecule has 0 saturated carbocycles. The molecule has 1 fully saturated rings. The van der Waals surface area contributed by atoms with Crippen LogP contribution in [0.25, 0.3) is 22.2 Å². The summed E-state index contributed by atoms with van der Waals surface area (Å²) in [6.07, 6.45) is 3.80. The molecule has 6 nitrogen and oxygen atoms in total. The molecule has 1 unspecified atom stereocenters. The van der Waals surface area contributed by atoms with E-state index in [9.17, 15) is 13.2 Å². The number of sulfone groups is 1. The van der Waals surface area contributed by atoms with Crippen LogP contribution < -0.4 is 5.32 Å². The number of amides is 1. The topological polar surface area (TPSA) is 89.0 Å². The Hall–Kier alpha value is -2.80. The van der Waals surface area contributed by atoms with Crippen molar-refractivity contribution in [3.8, 4) is 11.3 Å². The third-order valence-corrected chi connectivity index (χ3v) is 6.27. The first kappa shape index (κ1) is 16.7. The number of fused-ring (bicyclic) bond motifs is 1. The van der Waals surface area contributed by atoms with Gasteiger partial charge in [0.2, 0.25) is 0 Å². The van der Waals surface area contributed by atoms with Crippen LogP contribution in [0.4, 0.5) is 0 Å². The van der Waals surface area contributed by atoms with Crippen molar-refractivity contribution in [1.29, 1.82) is 0 Å². The maximum absolute atomic E-state index is 12.9. The quantitative estimate of drug-likeness (QED) is 0.767. The molecule has 1 aliphatic heterocycles. The average molecular weight is 367 g/mol. The highest BCUT2D eigenvalue weighted by Crippen LogP contribution is 2.25. The first-order valence-corrected chi connectivity index (χ1v) is 10.2. The van der Waals surface area contributed by atoms with E-state index in [-0.39, 0.29) is 23.5 Å². The van der Waals surface area contributed by atoms with Crippen LogP contribution >= 0.6 is 0 Å². The first-order chi connectivity index (χ1) is 12.5. The number of para-hydroxylation sites is 1. The maximum Gasteiger partial charge on any atom is 0.252 e. The molecule has 4 rings (SSSR count). The Morgan fingerprint density at radius 3 is 2.62 bits per heavy atom. The fraction of sp³-hybridized carbons (Fsp3) is 0.211. The van der Waals surface area contributed by atoms with Crippen LogP contribution in [0.5, 0.6) is 0 Å². The number of nitrogens with one attached hydrogen (secondary N) is 1. The van der Waals surface area contributed by atoms with Gasteiger partial charge in [0.05, 0.1) is 28.3 Å². The number of hydrogen-bond acceptors (Lipinski definition) is 5. The van der Waals surface area contributed by atoms with Crippen molar-refractivity contribution in [2.45, 2.75) is 12.5 Å². The van der Waals surface area contributed by atoms with Gasteiger partial charge in [0.25, 0.3) is 5.91 Å². The van der Waals surface area contributed by atoms with Crippen LogP contribution in [0, 0.1) is 0 Å². The molecule has 132 valence electrons. The van der Waals surface area contributed by atoms with Gasteiger partial charge < -0.3 is 5.32 Å². The van der Waals surface area contributed by atoms with Gasteiger partial charge in [-0.3, -0.25) is 9.78 Å². The summed E-state index contributed by atoms with van der Waals surface area (Å²) >= 11 is 0. The monoisotopic (exact) mass is 367 g/mol. The summed E-state index contributed by atoms with van der Waals surface area (Å²) < 4.78 is 23.3. The smallest absolute Gasteiger partial charge is 0.252 e. The van der Waals surface area contributed by atoms with Crippen molar-refractivity contribution in [1.82, 2.24) is 15.3 Å². The van der Waals surface area contributed by atoms with Crippen LogP contribution in [0.15, 0.2) is 54.9 Å². The number of carbonyl (C=O) groups excluding carboxylic acids is 1. The van der Waals surface area contributed by atoms with Gasteiger partial charge in [0.15, 0.2) is 9.84 Å². The molecule has 1 aromatic carbocycles. The summed E-state index contributed by atoms with van der Waals surface area (Å²) in [6.45, 7) is 0. The molecular formula is C19H17N3O3S. The van der Waals surface area contributed by atoms with Gasteiger partial charge in [-0.1, -0.05) is 18.2 Å². The number of benzene rings is 1. The van der Waals surface area contributed by atoms with E-state index in [1.54, 1.807) is 18.5 Å². The van der Waals surface area contributed by atoms with E-state index in [1.165, 1.54) is 0 Å². The molecule has 3 aromatic rings. The Labute approximate surface area is 151 Å². The minimum atomic E-state index is -3.05. The lowest BCUT2D eigenvalue weighted by atomic mass is 10.0. The highest BCUT2D eigenvalue weighted by Gasteiger charge is 2.29. The number of hydrogen-bond donors (Lipinski definition) is 1. The Kier molecular flexibility index (Phi) is 4.16. The summed E-state index contributed by atoms with van der Waals surface area (Å²) in [6, 6.07) is 12.5. The molecule has 3 heterocycles. The molecule has 7 heteroatoms. The number of pyridine rings is 2. The molecule has 0 spiro atoms. The van der Waals surface area contributed by atoms with Crippen molar-refractivity contribution in [3.63, 3.8) is 0 Å². The van der Waals surface area contributed by atoms with Crippen molar-refractivity contribution in [2.24, 2.45) is 0 Å². The first-order valence-electron chi connectivity index (χ1n) is 8.33. The second-order valence-electron chi connectivity index (χ2n) is 6.38. The van der Waals surface area contributed by atoms with E-state index >= 15 is 0 Å². The lowest BCUT2D eigenvalue weighted by Gasteiger charge is -2.13. The molecular weight excluding hydrogens is 350 g/mol. The van der Waals surface area contributed by atoms with Crippen LogP contribution in [0.2, 0.25) is 0 Å². The number of nitrogens with zero attached hydrogens (tertiary/aromatic N) is 2. The Bertz CT molecular complexity index is 1080. The molecule has 1 N–H and O–H groups in total. The predicted molar refractivity (Wildman–Crippen MR) is 99.5 cm³/mol. The third-order valence-electron chi connectivity index (χ3n) is 4.50. The standard InChI is InChI=1S/C19H17N3O3S/c23-19(21-14-7-10-26(24,25)12-14)16-11-18(13-5-8-20-9-6-13)22-17-4-2-1-3-15(16)17/h1-6,8-9,11,14H,7,10,12H2,(H,21,23). The predicted octanol–water partition coefficient (Wildman–Crippen LogP) is 2.21. The summed E-state index contributed by atoms with van der Waals surface area (Å²) in [5.74, 6) is -0.156. The van der Waals surface area contributed by atoms with E-state index < -0.39 is 9.84 Å². The lowest BCUT2D eigenvalue weighted by molar-refractivity contribution is 0.0943. The van der Waals surface area contributed by atoms with Crippen LogP contribution in [0.1, 0.15) is 16.8 Å². The number of aromatic nitrogens is 2. The van der Waals surface area contributed by atoms with Gasteiger partial charge in [-0.2, -0.15) is 0 Å². The van der Waals surface area contributed by atoms with Crippen LogP contribution in [0.3, 0.4) is 0 Å². The fourth-order valence-electron chi connectivity index (χ4n) is 3.21. The van der Waals surface area contributed by atoms with Gasteiger partial charge in [0.1, 0.15) is 0 Å². The average Bonchev–Trinajstić information content (AvgIpc) is 2.99. The number of carbonyl (C=O) groups is 1. The van der Waals surface area contributed by atoms with Gasteiger partial charge >= 0.3 is 0 Å². The Balaban J connectivity index is 1.74. The molecule has 1 atom stereocenters. The molecule has 26 heavy (non-hydrogen) atoms. The SMILES string of the molecule is O=C(NC1CCS(=O)(=O)C1)c1cc(-c2ccncc2)nc2ccccc12. The minimum Gasteiger partial charge on any atom is -0.348 e. The molecule has 2 aromatic heterocycles. The lowest BCUT2D eigenvalue weighted by Crippen LogP contribution is -2.35. The zero-order valence-corrected chi connectivity index (χ0v) is 14.7. The third kappa shape index (κ3) is 3.30. The second-order valence-corrected chi connectivity index (χ2v) is 8.61. The fourth-order valence-corrected chi connectivity index (χ4v) is 4.88. The molecule has 0 radical (unpaired) electrons. The van der Waals surface area contributed by atoms with E-state index in [2.05, 4.69) is 15.3 Å². The molecule has 1 amide bonds. The van der Waals surface area contributed by atoms with Gasteiger partial charge in [-0.25, -0.2) is 13.4 Å². The zero-order valence-electron chi connectivity index (χ0n) is 13.9. The molecule has 0 bridgehead atoms. The summed E-state index contributed by atoms with van der Waals surface area (Å²) in [7, 11) is -3.05. The summed E-state index contributed by atoms with van der Waals surface area (Å²) in [5.41, 5.74) is 2.75. The van der Waals surface area contributed by atoms with Crippen molar-refractivity contribution in [3.05, 3.63) is 60.4 Å². The van der Waals surface area contributed by atoms with Crippen molar-refractivity contribution in [2.75, 3.05) is 11.5 Å². The van der Waals surface area contributed by atoms with E-state index in [0.717, 1.165) is 10.9 Å². The second kappa shape index (κ2) is 6.49. The van der Waals surface area contributed by atoms with Gasteiger partial charge in [-0.05, 0) is 30.7 Å². The van der Waals surface area contributed by atoms with Crippen molar-refractivity contribution >= 4 is 26.6 Å². The van der Waals surface area contributed by atoms with Crippen LogP contribution in [-0.4, -0.2) is 41.8 Å². The minimum absolute atomic E-state index is 0.00102. The van der Waals surface area contributed by atoms with Crippen LogP contribution in [-0.2, 0) is 9.84 Å². The Morgan fingerprint density at radius 1 is 1.12 bits per heavy atom. The Morgan fingerprint density at radius 2 is 1.88 bits per heavy atom. The van der Waals surface area contributed by atoms with E-state index in [0.29, 0.717) is 23.2 Å². The molecule has 1 aliphatic rings. The van der Waals surface area contributed by atoms with Gasteiger partial charge in [-0.15, -0.1) is 0 Å². The largest absolute Gasteiger partial charge is 0.348 e. The summed E-state index contributed by atoms with van der Waals surface area (Å²) in [4.78, 5) is 21.5. The maximum atomic E-state index is 12.9. The molecule has 0 aliphatic carbocycles. The molecule has 1 saturated heterocycles. The highest BCUT2D eigenvalue weighted by atomic mass is 32.2. The van der Waals surface area contributed by atoms with Gasteiger partial charge in [0, 0.05) is 29.4 Å². The van der Waals surface area contributed by atoms with E-state index in [4.69, 9.17) is 0 Å². The summed E-state index contributed by atoms with van der Waals surface area (Å²) in [5, 5.41) is 3.60. The zero-order chi connectivity index (χ0) is 18.1. The highest BCUT2D eigenvalue weighted by molar-refractivity contribution is 7.91. The van der Waals surface area contributed by atoms with E-state index in [1.807, 2.05) is 36.4 Å².